The first-order valence-corrected chi connectivity index (χ1v) is 8.79. The molecular formula is C17H18FNO4S. The van der Waals surface area contributed by atoms with Gasteiger partial charge in [0.25, 0.3) is 10.0 Å². The minimum absolute atomic E-state index is 0.00207. The summed E-state index contributed by atoms with van der Waals surface area (Å²) in [5.41, 5.74) is 1.56. The van der Waals surface area contributed by atoms with Crippen LogP contribution in [0.1, 0.15) is 28.4 Å². The van der Waals surface area contributed by atoms with Gasteiger partial charge in [-0.2, -0.15) is 0 Å². The third-order valence-corrected chi connectivity index (χ3v) is 4.93. The summed E-state index contributed by atoms with van der Waals surface area (Å²) in [5, 5.41) is 0. The van der Waals surface area contributed by atoms with Crippen LogP contribution in [-0.2, 0) is 14.8 Å². The summed E-state index contributed by atoms with van der Waals surface area (Å²) < 4.78 is 45.5. The summed E-state index contributed by atoms with van der Waals surface area (Å²) in [6, 6.07) is 8.00. The molecule has 0 aliphatic carbocycles. The summed E-state index contributed by atoms with van der Waals surface area (Å²) >= 11 is 0. The van der Waals surface area contributed by atoms with Gasteiger partial charge in [-0.05, 0) is 68.3 Å². The summed E-state index contributed by atoms with van der Waals surface area (Å²) in [6.07, 6.45) is 0. The maximum atomic E-state index is 13.2. The van der Waals surface area contributed by atoms with E-state index < -0.39 is 21.8 Å². The molecule has 0 aromatic heterocycles. The Morgan fingerprint density at radius 1 is 1.12 bits per heavy atom. The number of benzene rings is 2. The van der Waals surface area contributed by atoms with Gasteiger partial charge in [-0.25, -0.2) is 17.6 Å². The van der Waals surface area contributed by atoms with E-state index in [9.17, 15) is 17.6 Å². The van der Waals surface area contributed by atoms with E-state index in [0.29, 0.717) is 22.4 Å². The molecule has 7 heteroatoms. The number of nitrogens with one attached hydrogen (secondary N) is 1. The summed E-state index contributed by atoms with van der Waals surface area (Å²) in [5.74, 6) is -0.967. The highest BCUT2D eigenvalue weighted by Gasteiger charge is 2.19. The quantitative estimate of drug-likeness (QED) is 0.838. The number of anilines is 1. The third-order valence-electron chi connectivity index (χ3n) is 3.41. The van der Waals surface area contributed by atoms with Crippen LogP contribution in [0, 0.1) is 19.7 Å². The van der Waals surface area contributed by atoms with Crippen LogP contribution in [0.15, 0.2) is 41.3 Å². The number of carbonyl (C=O) groups excluding carboxylic acids is 1. The van der Waals surface area contributed by atoms with Crippen LogP contribution in [0.2, 0.25) is 0 Å². The van der Waals surface area contributed by atoms with Crippen LogP contribution in [-0.4, -0.2) is 21.0 Å². The van der Waals surface area contributed by atoms with Gasteiger partial charge in [0.15, 0.2) is 0 Å². The van der Waals surface area contributed by atoms with Crippen molar-refractivity contribution in [3.8, 4) is 0 Å². The molecule has 1 N–H and O–H groups in total. The number of hydrogen-bond acceptors (Lipinski definition) is 4. The second-order valence-corrected chi connectivity index (χ2v) is 6.92. The van der Waals surface area contributed by atoms with Crippen molar-refractivity contribution >= 4 is 21.7 Å². The molecule has 0 aliphatic rings. The van der Waals surface area contributed by atoms with Crippen molar-refractivity contribution in [2.75, 3.05) is 11.3 Å². The fourth-order valence-electron chi connectivity index (χ4n) is 2.23. The Bertz CT molecular complexity index is 878. The second kappa shape index (κ2) is 7.00. The second-order valence-electron chi connectivity index (χ2n) is 5.27. The van der Waals surface area contributed by atoms with Gasteiger partial charge in [-0.3, -0.25) is 4.72 Å². The van der Waals surface area contributed by atoms with Crippen molar-refractivity contribution in [1.29, 1.82) is 0 Å². The van der Waals surface area contributed by atoms with E-state index in [-0.39, 0.29) is 11.5 Å². The molecule has 0 spiro atoms. The minimum atomic E-state index is -3.86. The maximum absolute atomic E-state index is 13.2. The van der Waals surface area contributed by atoms with Crippen molar-refractivity contribution in [2.45, 2.75) is 25.7 Å². The number of aryl methyl sites for hydroxylation is 2. The molecule has 0 radical (unpaired) electrons. The van der Waals surface area contributed by atoms with E-state index in [0.717, 1.165) is 12.1 Å². The molecule has 0 aliphatic heterocycles. The van der Waals surface area contributed by atoms with Gasteiger partial charge in [0.05, 0.1) is 22.8 Å². The molecule has 2 rings (SSSR count). The molecule has 128 valence electrons. The van der Waals surface area contributed by atoms with Crippen molar-refractivity contribution < 1.29 is 22.3 Å². The predicted octanol–water partition coefficient (Wildman–Crippen LogP) is 3.42. The maximum Gasteiger partial charge on any atom is 0.338 e. The van der Waals surface area contributed by atoms with Crippen LogP contribution in [0.25, 0.3) is 0 Å². The first-order valence-electron chi connectivity index (χ1n) is 7.31. The number of sulfonamides is 1. The molecule has 2 aromatic rings. The Morgan fingerprint density at radius 2 is 1.83 bits per heavy atom. The predicted molar refractivity (Wildman–Crippen MR) is 89.1 cm³/mol. The van der Waals surface area contributed by atoms with Gasteiger partial charge in [0, 0.05) is 0 Å². The molecule has 24 heavy (non-hydrogen) atoms. The lowest BCUT2D eigenvalue weighted by Gasteiger charge is -2.13. The van der Waals surface area contributed by atoms with E-state index in [1.807, 2.05) is 0 Å². The zero-order valence-corrected chi connectivity index (χ0v) is 14.4. The molecule has 0 bridgehead atoms. The van der Waals surface area contributed by atoms with Gasteiger partial charge < -0.3 is 4.74 Å². The first-order chi connectivity index (χ1) is 11.2. The Hall–Kier alpha value is -2.41. The highest BCUT2D eigenvalue weighted by atomic mass is 32.2. The Balaban J connectivity index is 2.31. The first kappa shape index (κ1) is 17.9. The lowest BCUT2D eigenvalue weighted by Crippen LogP contribution is -2.15. The molecule has 0 amide bonds. The molecule has 2 aromatic carbocycles. The number of ether oxygens (including phenoxy) is 1. The van der Waals surface area contributed by atoms with E-state index >= 15 is 0 Å². The Labute approximate surface area is 140 Å². The van der Waals surface area contributed by atoms with Gasteiger partial charge in [-0.1, -0.05) is 0 Å². The third kappa shape index (κ3) is 3.91. The summed E-state index contributed by atoms with van der Waals surface area (Å²) in [6.45, 7) is 5.17. The van der Waals surface area contributed by atoms with Crippen molar-refractivity contribution in [2.24, 2.45) is 0 Å². The molecular weight excluding hydrogens is 333 g/mol. The number of halogens is 1. The minimum Gasteiger partial charge on any atom is -0.462 e. The highest BCUT2D eigenvalue weighted by Crippen LogP contribution is 2.23. The van der Waals surface area contributed by atoms with Gasteiger partial charge in [0.1, 0.15) is 5.82 Å². The van der Waals surface area contributed by atoms with Gasteiger partial charge >= 0.3 is 5.97 Å². The number of esters is 1. The zero-order valence-electron chi connectivity index (χ0n) is 13.6. The Morgan fingerprint density at radius 3 is 2.42 bits per heavy atom. The zero-order chi connectivity index (χ0) is 17.9. The highest BCUT2D eigenvalue weighted by molar-refractivity contribution is 7.92. The molecule has 0 atom stereocenters. The summed E-state index contributed by atoms with van der Waals surface area (Å²) in [7, 11) is -3.86. The average molecular weight is 351 g/mol. The topological polar surface area (TPSA) is 72.5 Å². The number of rotatable bonds is 5. The van der Waals surface area contributed by atoms with E-state index in [2.05, 4.69) is 4.72 Å². The Kier molecular flexibility index (Phi) is 5.23. The molecule has 0 heterocycles. The number of carbonyl (C=O) groups is 1. The van der Waals surface area contributed by atoms with Crippen molar-refractivity contribution in [3.05, 3.63) is 58.9 Å². The smallest absolute Gasteiger partial charge is 0.338 e. The van der Waals surface area contributed by atoms with Crippen LogP contribution >= 0.6 is 0 Å². The summed E-state index contributed by atoms with van der Waals surface area (Å²) in [4.78, 5) is 11.7. The van der Waals surface area contributed by atoms with Crippen LogP contribution in [0.4, 0.5) is 10.1 Å². The normalized spacial score (nSPS) is 11.2. The van der Waals surface area contributed by atoms with Crippen LogP contribution in [0.3, 0.4) is 0 Å². The van der Waals surface area contributed by atoms with E-state index in [1.54, 1.807) is 19.9 Å². The monoisotopic (exact) mass is 351 g/mol. The van der Waals surface area contributed by atoms with Gasteiger partial charge in [0.2, 0.25) is 0 Å². The SMILES string of the molecule is CCOC(=O)c1ccc(NS(=O)(=O)c2ccc(F)cc2C)c(C)c1. The molecule has 5 nitrogen and oxygen atoms in total. The number of hydrogen-bond donors (Lipinski definition) is 1. The fourth-order valence-corrected chi connectivity index (χ4v) is 3.59. The largest absolute Gasteiger partial charge is 0.462 e. The van der Waals surface area contributed by atoms with E-state index in [4.69, 9.17) is 4.74 Å². The van der Waals surface area contributed by atoms with E-state index in [1.165, 1.54) is 25.1 Å². The van der Waals surface area contributed by atoms with Crippen LogP contribution in [0.5, 0.6) is 0 Å². The lowest BCUT2D eigenvalue weighted by molar-refractivity contribution is 0.0526. The molecule has 0 saturated heterocycles. The fraction of sp³-hybridized carbons (Fsp3) is 0.235. The molecule has 0 fully saturated rings. The molecule has 0 unspecified atom stereocenters. The van der Waals surface area contributed by atoms with Crippen molar-refractivity contribution in [3.63, 3.8) is 0 Å². The lowest BCUT2D eigenvalue weighted by atomic mass is 10.1. The van der Waals surface area contributed by atoms with Crippen LogP contribution < -0.4 is 4.72 Å². The molecule has 0 saturated carbocycles. The standard InChI is InChI=1S/C17H18FNO4S/c1-4-23-17(20)13-5-7-15(11(2)9-13)19-24(21,22)16-8-6-14(18)10-12(16)3/h5-10,19H,4H2,1-3H3. The van der Waals surface area contributed by atoms with Crippen molar-refractivity contribution in [1.82, 2.24) is 0 Å². The van der Waals surface area contributed by atoms with Gasteiger partial charge in [-0.15, -0.1) is 0 Å². The average Bonchev–Trinajstić information content (AvgIpc) is 2.49.